The highest BCUT2D eigenvalue weighted by atomic mass is 32.1. The highest BCUT2D eigenvalue weighted by molar-refractivity contribution is 7.59. The van der Waals surface area contributed by atoms with E-state index in [4.69, 9.17) is 9.94 Å². The number of nitrogens with one attached hydrogen (secondary N) is 1. The Kier molecular flexibility index (Phi) is 7.39. The third-order valence-electron chi connectivity index (χ3n) is 5.97. The van der Waals surface area contributed by atoms with E-state index < -0.39 is 5.91 Å². The minimum Gasteiger partial charge on any atom is -0.491 e. The number of carbonyl (C=O) groups is 2. The second-order valence-corrected chi connectivity index (χ2v) is 7.80. The molecule has 2 aromatic rings. The molecule has 0 unspecified atom stereocenters. The molecule has 0 bridgehead atoms. The molecular formula is C23H28N2O4S. The van der Waals surface area contributed by atoms with Crippen LogP contribution in [0.4, 0.5) is 0 Å². The summed E-state index contributed by atoms with van der Waals surface area (Å²) in [6.07, 6.45) is 5.30. The molecule has 4 rings (SSSR count). The van der Waals surface area contributed by atoms with E-state index in [1.165, 1.54) is 6.42 Å². The lowest BCUT2D eigenvalue weighted by Gasteiger charge is -2.34. The molecule has 2 N–H and O–H groups in total. The molecule has 6 nitrogen and oxygen atoms in total. The molecule has 0 radical (unpaired) electrons. The minimum absolute atomic E-state index is 0. The molecule has 160 valence electrons. The lowest BCUT2D eigenvalue weighted by Crippen LogP contribution is -2.40. The van der Waals surface area contributed by atoms with Gasteiger partial charge in [-0.05, 0) is 30.5 Å². The van der Waals surface area contributed by atoms with Crippen molar-refractivity contribution in [2.45, 2.75) is 44.7 Å². The average Bonchev–Trinajstić information content (AvgIpc) is 2.98. The first-order valence-electron chi connectivity index (χ1n) is 10.2. The van der Waals surface area contributed by atoms with Gasteiger partial charge in [-0.15, -0.1) is 0 Å². The van der Waals surface area contributed by atoms with Crippen molar-refractivity contribution in [2.75, 3.05) is 6.61 Å². The third-order valence-corrected chi connectivity index (χ3v) is 5.97. The highest BCUT2D eigenvalue weighted by Crippen LogP contribution is 2.35. The van der Waals surface area contributed by atoms with Gasteiger partial charge in [0.15, 0.2) is 0 Å². The van der Waals surface area contributed by atoms with Crippen LogP contribution in [0.25, 0.3) is 0 Å². The summed E-state index contributed by atoms with van der Waals surface area (Å²) >= 11 is 0. The van der Waals surface area contributed by atoms with E-state index in [1.54, 1.807) is 23.7 Å². The number of rotatable bonds is 3. The fourth-order valence-electron chi connectivity index (χ4n) is 4.34. The number of hydrogen-bond acceptors (Lipinski definition) is 4. The van der Waals surface area contributed by atoms with E-state index in [0.29, 0.717) is 24.5 Å². The summed E-state index contributed by atoms with van der Waals surface area (Å²) in [5, 5.41) is 8.90. The van der Waals surface area contributed by atoms with Gasteiger partial charge < -0.3 is 9.64 Å². The number of ether oxygens (including phenoxy) is 1. The van der Waals surface area contributed by atoms with Gasteiger partial charge in [-0.25, -0.2) is 5.48 Å². The highest BCUT2D eigenvalue weighted by Gasteiger charge is 2.34. The van der Waals surface area contributed by atoms with E-state index in [1.807, 2.05) is 35.2 Å². The van der Waals surface area contributed by atoms with E-state index in [-0.39, 0.29) is 31.4 Å². The predicted molar refractivity (Wildman–Crippen MR) is 118 cm³/mol. The number of hydrogen-bond donors (Lipinski definition) is 2. The normalized spacial score (nSPS) is 19.0. The van der Waals surface area contributed by atoms with Crippen LogP contribution in [0, 0.1) is 5.92 Å². The van der Waals surface area contributed by atoms with Crippen LogP contribution in [0.15, 0.2) is 48.5 Å². The number of nitrogens with zero attached hydrogens (tertiary/aromatic N) is 1. The van der Waals surface area contributed by atoms with Gasteiger partial charge in [-0.1, -0.05) is 55.7 Å². The van der Waals surface area contributed by atoms with Crippen molar-refractivity contribution in [1.29, 1.82) is 0 Å². The first kappa shape index (κ1) is 22.2. The molecular weight excluding hydrogens is 400 g/mol. The summed E-state index contributed by atoms with van der Waals surface area (Å²) in [4.78, 5) is 27.2. The van der Waals surface area contributed by atoms with Crippen LogP contribution in [-0.4, -0.2) is 28.5 Å². The predicted octanol–water partition coefficient (Wildman–Crippen LogP) is 3.96. The maximum absolute atomic E-state index is 13.5. The van der Waals surface area contributed by atoms with Crippen LogP contribution in [0.2, 0.25) is 0 Å². The zero-order valence-electron chi connectivity index (χ0n) is 16.8. The Morgan fingerprint density at radius 1 is 1.03 bits per heavy atom. The molecule has 2 aromatic carbocycles. The molecule has 0 saturated heterocycles. The van der Waals surface area contributed by atoms with Crippen molar-refractivity contribution in [3.05, 3.63) is 65.2 Å². The third kappa shape index (κ3) is 4.63. The summed E-state index contributed by atoms with van der Waals surface area (Å²) < 4.78 is 6.06. The second kappa shape index (κ2) is 10.00. The summed E-state index contributed by atoms with van der Waals surface area (Å²) in [6, 6.07) is 14.8. The van der Waals surface area contributed by atoms with Crippen molar-refractivity contribution >= 4 is 25.3 Å². The molecule has 1 aliphatic heterocycles. The summed E-state index contributed by atoms with van der Waals surface area (Å²) in [5.41, 5.74) is 3.87. The molecule has 1 heterocycles. The minimum atomic E-state index is -0.588. The quantitative estimate of drug-likeness (QED) is 0.573. The Hall–Kier alpha value is -2.51. The van der Waals surface area contributed by atoms with Crippen LogP contribution < -0.4 is 10.2 Å². The number of fused-ring (bicyclic) bond motifs is 1. The lowest BCUT2D eigenvalue weighted by molar-refractivity contribution is -0.140. The smallest absolute Gasteiger partial charge is 0.274 e. The summed E-state index contributed by atoms with van der Waals surface area (Å²) in [6.45, 7) is 0.755. The van der Waals surface area contributed by atoms with Gasteiger partial charge in [0.25, 0.3) is 5.91 Å². The molecule has 30 heavy (non-hydrogen) atoms. The molecule has 1 saturated carbocycles. The van der Waals surface area contributed by atoms with Gasteiger partial charge in [0, 0.05) is 17.0 Å². The zero-order valence-corrected chi connectivity index (χ0v) is 17.8. The van der Waals surface area contributed by atoms with Crippen molar-refractivity contribution in [3.63, 3.8) is 0 Å². The number of amides is 2. The van der Waals surface area contributed by atoms with Crippen LogP contribution in [0.1, 0.15) is 59.6 Å². The van der Waals surface area contributed by atoms with Gasteiger partial charge in [-0.2, -0.15) is 13.5 Å². The Morgan fingerprint density at radius 2 is 1.77 bits per heavy atom. The number of benzene rings is 2. The fraction of sp³-hybridized carbons (Fsp3) is 0.391. The molecule has 2 aliphatic rings. The maximum atomic E-state index is 13.5. The Labute approximate surface area is 183 Å². The summed E-state index contributed by atoms with van der Waals surface area (Å²) in [7, 11) is 0. The largest absolute Gasteiger partial charge is 0.491 e. The van der Waals surface area contributed by atoms with E-state index in [2.05, 4.69) is 0 Å². The van der Waals surface area contributed by atoms with E-state index in [9.17, 15) is 9.59 Å². The van der Waals surface area contributed by atoms with Gasteiger partial charge in [0.2, 0.25) is 5.91 Å². The van der Waals surface area contributed by atoms with Crippen molar-refractivity contribution in [1.82, 2.24) is 10.4 Å². The van der Waals surface area contributed by atoms with Crippen molar-refractivity contribution in [2.24, 2.45) is 5.92 Å². The Bertz CT molecular complexity index is 884. The van der Waals surface area contributed by atoms with Crippen LogP contribution in [0.3, 0.4) is 0 Å². The molecule has 0 aromatic heterocycles. The van der Waals surface area contributed by atoms with E-state index >= 15 is 0 Å². The van der Waals surface area contributed by atoms with Crippen LogP contribution >= 0.6 is 13.5 Å². The van der Waals surface area contributed by atoms with Gasteiger partial charge in [0.05, 0.1) is 12.6 Å². The monoisotopic (exact) mass is 428 g/mol. The number of hydroxylamine groups is 1. The number of carbonyl (C=O) groups excluding carboxylic acids is 2. The van der Waals surface area contributed by atoms with Crippen molar-refractivity contribution in [3.8, 4) is 5.75 Å². The molecule has 0 spiro atoms. The molecule has 7 heteroatoms. The van der Waals surface area contributed by atoms with Crippen LogP contribution in [0.5, 0.6) is 5.75 Å². The topological polar surface area (TPSA) is 78.9 Å². The SMILES string of the molecule is O=C(NO)c1ccc2c(c1)OC[C@H](c1ccccc1)N(C(=O)C1CCCCC1)C2.S. The standard InChI is InChI=1S/C23H26N2O4.H2S/c26-22(24-28)18-11-12-19-14-25(23(27)17-9-5-2-6-10-17)20(15-29-21(19)13-18)16-7-3-1-4-8-16;/h1,3-4,7-8,11-13,17,20,28H,2,5-6,9-10,14-15H2,(H,24,26);1H2/t20-;/m1./s1. The lowest BCUT2D eigenvalue weighted by atomic mass is 9.87. The van der Waals surface area contributed by atoms with Gasteiger partial charge in [-0.3, -0.25) is 14.8 Å². The maximum Gasteiger partial charge on any atom is 0.274 e. The molecule has 2 amide bonds. The molecule has 1 atom stereocenters. The van der Waals surface area contributed by atoms with Crippen LogP contribution in [-0.2, 0) is 11.3 Å². The second-order valence-electron chi connectivity index (χ2n) is 7.80. The first-order valence-corrected chi connectivity index (χ1v) is 10.2. The summed E-state index contributed by atoms with van der Waals surface area (Å²) in [5.74, 6) is 0.240. The molecule has 1 fully saturated rings. The fourth-order valence-corrected chi connectivity index (χ4v) is 4.34. The Morgan fingerprint density at radius 3 is 2.47 bits per heavy atom. The Balaban J connectivity index is 0.00000256. The first-order chi connectivity index (χ1) is 14.2. The van der Waals surface area contributed by atoms with Crippen molar-refractivity contribution < 1.29 is 19.5 Å². The zero-order chi connectivity index (χ0) is 20.2. The van der Waals surface area contributed by atoms with E-state index in [0.717, 1.165) is 36.8 Å². The average molecular weight is 429 g/mol. The van der Waals surface area contributed by atoms with Gasteiger partial charge >= 0.3 is 0 Å². The van der Waals surface area contributed by atoms with Gasteiger partial charge in [0.1, 0.15) is 12.4 Å². The molecule has 1 aliphatic carbocycles.